The summed E-state index contributed by atoms with van der Waals surface area (Å²) in [7, 11) is 1.93. The van der Waals surface area contributed by atoms with E-state index in [0.29, 0.717) is 0 Å². The number of H-pyrrole nitrogens is 1. The number of aromatic nitrogens is 2. The van der Waals surface area contributed by atoms with Gasteiger partial charge in [0.15, 0.2) is 0 Å². The van der Waals surface area contributed by atoms with Crippen molar-refractivity contribution in [1.82, 2.24) is 15.3 Å². The van der Waals surface area contributed by atoms with E-state index in [1.165, 1.54) is 11.1 Å². The molecule has 1 aromatic heterocycles. The van der Waals surface area contributed by atoms with Crippen LogP contribution >= 0.6 is 0 Å². The van der Waals surface area contributed by atoms with Crippen molar-refractivity contribution in [2.24, 2.45) is 0 Å². The van der Waals surface area contributed by atoms with Crippen molar-refractivity contribution < 1.29 is 0 Å². The van der Waals surface area contributed by atoms with E-state index in [1.807, 2.05) is 13.1 Å². The highest BCUT2D eigenvalue weighted by Gasteiger charge is 2.07. The molecule has 0 aliphatic heterocycles. The lowest BCUT2D eigenvalue weighted by atomic mass is 10.0. The van der Waals surface area contributed by atoms with E-state index in [-0.39, 0.29) is 0 Å². The number of rotatable bonds is 4. The molecule has 0 bridgehead atoms. The van der Waals surface area contributed by atoms with E-state index in [2.05, 4.69) is 63.8 Å². The maximum atomic E-state index is 4.41. The van der Waals surface area contributed by atoms with Gasteiger partial charge in [0.25, 0.3) is 0 Å². The molecule has 1 heterocycles. The zero-order valence-corrected chi connectivity index (χ0v) is 11.4. The summed E-state index contributed by atoms with van der Waals surface area (Å²) >= 11 is 0. The van der Waals surface area contributed by atoms with E-state index < -0.39 is 0 Å². The molecule has 0 atom stereocenters. The Morgan fingerprint density at radius 1 is 0.900 bits per heavy atom. The predicted octanol–water partition coefficient (Wildman–Crippen LogP) is 3.46. The summed E-state index contributed by atoms with van der Waals surface area (Å²) < 4.78 is 0. The summed E-state index contributed by atoms with van der Waals surface area (Å²) in [4.78, 5) is 7.59. The molecule has 100 valence electrons. The molecule has 0 saturated heterocycles. The van der Waals surface area contributed by atoms with E-state index >= 15 is 0 Å². The minimum absolute atomic E-state index is 0.787. The van der Waals surface area contributed by atoms with Crippen molar-refractivity contribution >= 4 is 0 Å². The van der Waals surface area contributed by atoms with Crippen molar-refractivity contribution in [1.29, 1.82) is 0 Å². The van der Waals surface area contributed by atoms with Crippen LogP contribution < -0.4 is 5.32 Å². The molecule has 3 rings (SSSR count). The van der Waals surface area contributed by atoms with E-state index in [0.717, 1.165) is 23.5 Å². The Morgan fingerprint density at radius 2 is 1.55 bits per heavy atom. The van der Waals surface area contributed by atoms with Crippen LogP contribution in [0.2, 0.25) is 0 Å². The molecule has 2 aromatic carbocycles. The fraction of sp³-hybridized carbons (Fsp3) is 0.118. The van der Waals surface area contributed by atoms with Crippen LogP contribution in [0.5, 0.6) is 0 Å². The molecule has 0 aliphatic carbocycles. The molecule has 0 fully saturated rings. The number of benzene rings is 2. The topological polar surface area (TPSA) is 40.7 Å². The molecule has 0 amide bonds. The van der Waals surface area contributed by atoms with Gasteiger partial charge < -0.3 is 10.3 Å². The van der Waals surface area contributed by atoms with Gasteiger partial charge in [0.05, 0.1) is 17.7 Å². The zero-order chi connectivity index (χ0) is 13.8. The van der Waals surface area contributed by atoms with Crippen LogP contribution in [0.3, 0.4) is 0 Å². The molecule has 0 spiro atoms. The highest BCUT2D eigenvalue weighted by atomic mass is 14.9. The van der Waals surface area contributed by atoms with Gasteiger partial charge in [0.2, 0.25) is 0 Å². The first-order chi connectivity index (χ1) is 9.88. The number of aromatic amines is 1. The molecule has 0 saturated carbocycles. The maximum absolute atomic E-state index is 4.41. The minimum atomic E-state index is 0.787. The van der Waals surface area contributed by atoms with Gasteiger partial charge in [-0.25, -0.2) is 4.98 Å². The highest BCUT2D eigenvalue weighted by Crippen LogP contribution is 2.25. The van der Waals surface area contributed by atoms with Gasteiger partial charge in [-0.1, -0.05) is 54.6 Å². The van der Waals surface area contributed by atoms with Crippen molar-refractivity contribution in [2.45, 2.75) is 6.54 Å². The smallest absolute Gasteiger partial charge is 0.0929 e. The molecule has 0 aliphatic rings. The van der Waals surface area contributed by atoms with Crippen molar-refractivity contribution in [3.8, 4) is 22.4 Å². The average Bonchev–Trinajstić information content (AvgIpc) is 2.97. The Hall–Kier alpha value is -2.39. The maximum Gasteiger partial charge on any atom is 0.0929 e. The zero-order valence-electron chi connectivity index (χ0n) is 11.4. The summed E-state index contributed by atoms with van der Waals surface area (Å²) in [5.41, 5.74) is 5.71. The highest BCUT2D eigenvalue weighted by molar-refractivity contribution is 5.69. The largest absolute Gasteiger partial charge is 0.347 e. The third-order valence-electron chi connectivity index (χ3n) is 3.34. The summed E-state index contributed by atoms with van der Waals surface area (Å²) in [6, 6.07) is 18.9. The summed E-state index contributed by atoms with van der Waals surface area (Å²) in [6.45, 7) is 0.787. The number of imidazole rings is 1. The van der Waals surface area contributed by atoms with Crippen LogP contribution in [0.1, 0.15) is 5.69 Å². The Kier molecular flexibility index (Phi) is 3.61. The summed E-state index contributed by atoms with van der Waals surface area (Å²) in [6.07, 6.45) is 1.74. The molecule has 3 nitrogen and oxygen atoms in total. The van der Waals surface area contributed by atoms with Gasteiger partial charge in [0, 0.05) is 12.1 Å². The van der Waals surface area contributed by atoms with Crippen LogP contribution in [-0.4, -0.2) is 17.0 Å². The fourth-order valence-electron chi connectivity index (χ4n) is 2.33. The molecule has 0 unspecified atom stereocenters. The Balaban J connectivity index is 1.91. The SMILES string of the molecule is CNCc1[nH]cnc1-c1ccc(-c2ccccc2)cc1. The van der Waals surface area contributed by atoms with E-state index in [9.17, 15) is 0 Å². The molecular weight excluding hydrogens is 246 g/mol. The van der Waals surface area contributed by atoms with E-state index in [1.54, 1.807) is 6.33 Å². The molecule has 20 heavy (non-hydrogen) atoms. The first-order valence-electron chi connectivity index (χ1n) is 6.71. The summed E-state index contributed by atoms with van der Waals surface area (Å²) in [5.74, 6) is 0. The predicted molar refractivity (Wildman–Crippen MR) is 82.2 cm³/mol. The lowest BCUT2D eigenvalue weighted by Gasteiger charge is -2.05. The van der Waals surface area contributed by atoms with Gasteiger partial charge in [-0.3, -0.25) is 0 Å². The molecule has 0 radical (unpaired) electrons. The second kappa shape index (κ2) is 5.72. The molecule has 3 aromatic rings. The second-order valence-electron chi connectivity index (χ2n) is 4.70. The number of hydrogen-bond donors (Lipinski definition) is 2. The van der Waals surface area contributed by atoms with Gasteiger partial charge >= 0.3 is 0 Å². The van der Waals surface area contributed by atoms with Crippen molar-refractivity contribution in [3.05, 3.63) is 66.6 Å². The Labute approximate surface area is 118 Å². The summed E-state index contributed by atoms with van der Waals surface area (Å²) in [5, 5.41) is 3.15. The van der Waals surface area contributed by atoms with Gasteiger partial charge in [-0.15, -0.1) is 0 Å². The van der Waals surface area contributed by atoms with Crippen LogP contribution in [0.15, 0.2) is 60.9 Å². The van der Waals surface area contributed by atoms with Crippen LogP contribution in [0.4, 0.5) is 0 Å². The normalized spacial score (nSPS) is 10.7. The molecular formula is C17H17N3. The minimum Gasteiger partial charge on any atom is -0.347 e. The second-order valence-corrected chi connectivity index (χ2v) is 4.70. The van der Waals surface area contributed by atoms with Crippen LogP contribution in [-0.2, 0) is 6.54 Å². The quantitative estimate of drug-likeness (QED) is 0.756. The standard InChI is InChI=1S/C17H17N3/c1-18-11-16-17(20-12-19-16)15-9-7-14(8-10-15)13-5-3-2-4-6-13/h2-10,12,18H,11H2,1H3,(H,19,20). The van der Waals surface area contributed by atoms with Crippen LogP contribution in [0.25, 0.3) is 22.4 Å². The number of hydrogen-bond acceptors (Lipinski definition) is 2. The van der Waals surface area contributed by atoms with Gasteiger partial charge in [-0.2, -0.15) is 0 Å². The number of nitrogens with zero attached hydrogens (tertiary/aromatic N) is 1. The Bertz CT molecular complexity index is 669. The third kappa shape index (κ3) is 2.49. The van der Waals surface area contributed by atoms with Crippen LogP contribution in [0, 0.1) is 0 Å². The van der Waals surface area contributed by atoms with Gasteiger partial charge in [-0.05, 0) is 18.2 Å². The average molecular weight is 263 g/mol. The molecule has 3 heteroatoms. The lowest BCUT2D eigenvalue weighted by Crippen LogP contribution is -2.06. The first-order valence-corrected chi connectivity index (χ1v) is 6.71. The van der Waals surface area contributed by atoms with Crippen molar-refractivity contribution in [2.75, 3.05) is 7.05 Å². The van der Waals surface area contributed by atoms with Gasteiger partial charge in [0.1, 0.15) is 0 Å². The monoisotopic (exact) mass is 263 g/mol. The van der Waals surface area contributed by atoms with E-state index in [4.69, 9.17) is 0 Å². The first kappa shape index (κ1) is 12.6. The molecule has 2 N–H and O–H groups in total. The Morgan fingerprint density at radius 3 is 2.25 bits per heavy atom. The van der Waals surface area contributed by atoms with Crippen molar-refractivity contribution in [3.63, 3.8) is 0 Å². The third-order valence-corrected chi connectivity index (χ3v) is 3.34. The lowest BCUT2D eigenvalue weighted by molar-refractivity contribution is 0.798. The number of nitrogens with one attached hydrogen (secondary N) is 2. The fourth-order valence-corrected chi connectivity index (χ4v) is 2.33.